The highest BCUT2D eigenvalue weighted by Crippen LogP contribution is 2.06. The van der Waals surface area contributed by atoms with Crippen molar-refractivity contribution in [2.75, 3.05) is 13.1 Å². The summed E-state index contributed by atoms with van der Waals surface area (Å²) >= 11 is 0. The summed E-state index contributed by atoms with van der Waals surface area (Å²) in [5.74, 6) is 0.391. The fourth-order valence-corrected chi connectivity index (χ4v) is 1.84. The van der Waals surface area contributed by atoms with E-state index in [1.165, 1.54) is 0 Å². The number of nitrogens with two attached hydrogens (primary N) is 1. The van der Waals surface area contributed by atoms with Crippen molar-refractivity contribution in [2.24, 2.45) is 18.7 Å². The third-order valence-electron chi connectivity index (χ3n) is 2.94. The molecular weight excluding hydrogens is 216 g/mol. The van der Waals surface area contributed by atoms with E-state index in [4.69, 9.17) is 5.73 Å². The van der Waals surface area contributed by atoms with E-state index < -0.39 is 0 Å². The predicted octanol–water partition coefficient (Wildman–Crippen LogP) is 0.833. The maximum Gasteiger partial charge on any atom is 0.269 e. The molecule has 0 aromatic carbocycles. The molecule has 3 N–H and O–H groups in total. The van der Waals surface area contributed by atoms with Gasteiger partial charge < -0.3 is 11.1 Å². The zero-order chi connectivity index (χ0) is 12.8. The molecule has 17 heavy (non-hydrogen) atoms. The van der Waals surface area contributed by atoms with Gasteiger partial charge in [-0.15, -0.1) is 0 Å². The number of carbonyl (C=O) groups is 1. The van der Waals surface area contributed by atoms with Crippen LogP contribution >= 0.6 is 0 Å². The number of rotatable bonds is 6. The molecule has 1 aromatic heterocycles. The molecule has 0 saturated heterocycles. The number of hydrogen-bond acceptors (Lipinski definition) is 3. The van der Waals surface area contributed by atoms with Gasteiger partial charge in [-0.25, -0.2) is 0 Å². The van der Waals surface area contributed by atoms with Crippen molar-refractivity contribution in [1.82, 2.24) is 15.1 Å². The Morgan fingerprint density at radius 3 is 2.82 bits per heavy atom. The predicted molar refractivity (Wildman–Crippen MR) is 67.7 cm³/mol. The third-order valence-corrected chi connectivity index (χ3v) is 2.94. The first-order chi connectivity index (χ1) is 8.08. The number of amides is 1. The van der Waals surface area contributed by atoms with Gasteiger partial charge in [-0.1, -0.05) is 13.3 Å². The van der Waals surface area contributed by atoms with Crippen LogP contribution in [0.25, 0.3) is 0 Å². The van der Waals surface area contributed by atoms with Crippen molar-refractivity contribution in [1.29, 1.82) is 0 Å². The molecule has 1 rings (SSSR count). The average Bonchev–Trinajstić information content (AvgIpc) is 2.63. The lowest BCUT2D eigenvalue weighted by molar-refractivity contribution is 0.0936. The Labute approximate surface area is 102 Å². The van der Waals surface area contributed by atoms with E-state index in [1.54, 1.807) is 17.8 Å². The van der Waals surface area contributed by atoms with E-state index >= 15 is 0 Å². The maximum absolute atomic E-state index is 11.9. The lowest BCUT2D eigenvalue weighted by atomic mass is 10.0. The number of nitrogens with one attached hydrogen (secondary N) is 1. The van der Waals surface area contributed by atoms with Crippen LogP contribution in [0.4, 0.5) is 0 Å². The molecule has 1 aromatic rings. The van der Waals surface area contributed by atoms with E-state index in [9.17, 15) is 4.79 Å². The van der Waals surface area contributed by atoms with Gasteiger partial charge in [0, 0.05) is 13.6 Å². The van der Waals surface area contributed by atoms with Crippen LogP contribution < -0.4 is 11.1 Å². The zero-order valence-corrected chi connectivity index (χ0v) is 10.9. The van der Waals surface area contributed by atoms with Gasteiger partial charge in [-0.2, -0.15) is 5.10 Å². The van der Waals surface area contributed by atoms with E-state index in [0.29, 0.717) is 24.7 Å². The van der Waals surface area contributed by atoms with Crippen molar-refractivity contribution >= 4 is 5.91 Å². The summed E-state index contributed by atoms with van der Waals surface area (Å²) in [6, 6.07) is 1.79. The second-order valence-electron chi connectivity index (χ2n) is 4.36. The van der Waals surface area contributed by atoms with Crippen LogP contribution in [0.15, 0.2) is 6.07 Å². The van der Waals surface area contributed by atoms with Crippen LogP contribution in [-0.4, -0.2) is 28.8 Å². The van der Waals surface area contributed by atoms with Crippen LogP contribution in [0.3, 0.4) is 0 Å². The smallest absolute Gasteiger partial charge is 0.269 e. The second kappa shape index (κ2) is 6.39. The van der Waals surface area contributed by atoms with Crippen LogP contribution in [0.2, 0.25) is 0 Å². The van der Waals surface area contributed by atoms with Gasteiger partial charge in [-0.05, 0) is 31.9 Å². The Bertz CT molecular complexity index is 373. The first-order valence-corrected chi connectivity index (χ1v) is 6.07. The van der Waals surface area contributed by atoms with Gasteiger partial charge in [0.25, 0.3) is 5.91 Å². The molecule has 0 saturated carbocycles. The molecule has 5 nitrogen and oxygen atoms in total. The van der Waals surface area contributed by atoms with Crippen molar-refractivity contribution in [3.63, 3.8) is 0 Å². The van der Waals surface area contributed by atoms with Crippen LogP contribution in [-0.2, 0) is 7.05 Å². The van der Waals surface area contributed by atoms with E-state index in [-0.39, 0.29) is 5.91 Å². The summed E-state index contributed by atoms with van der Waals surface area (Å²) in [5, 5.41) is 7.09. The standard InChI is InChI=1S/C12H22N4O/c1-4-10(5-6-13)8-14-12(17)11-7-9(2)15-16(11)3/h7,10H,4-6,8,13H2,1-3H3,(H,14,17). The fourth-order valence-electron chi connectivity index (χ4n) is 1.84. The van der Waals surface area contributed by atoms with Crippen LogP contribution in [0.1, 0.15) is 35.9 Å². The molecule has 0 aliphatic rings. The highest BCUT2D eigenvalue weighted by atomic mass is 16.2. The number of hydrogen-bond donors (Lipinski definition) is 2. The molecule has 1 heterocycles. The number of aryl methyl sites for hydroxylation is 2. The molecule has 1 unspecified atom stereocenters. The Kier molecular flexibility index (Phi) is 5.15. The molecule has 5 heteroatoms. The molecule has 0 aliphatic carbocycles. The van der Waals surface area contributed by atoms with E-state index in [0.717, 1.165) is 18.5 Å². The Morgan fingerprint density at radius 1 is 1.65 bits per heavy atom. The topological polar surface area (TPSA) is 72.9 Å². The Hall–Kier alpha value is -1.36. The Balaban J connectivity index is 2.52. The quantitative estimate of drug-likeness (QED) is 0.771. The summed E-state index contributed by atoms with van der Waals surface area (Å²) in [5.41, 5.74) is 6.98. The van der Waals surface area contributed by atoms with Crippen molar-refractivity contribution in [2.45, 2.75) is 26.7 Å². The minimum atomic E-state index is -0.0661. The summed E-state index contributed by atoms with van der Waals surface area (Å²) < 4.78 is 1.61. The molecule has 0 aliphatic heterocycles. The fraction of sp³-hybridized carbons (Fsp3) is 0.667. The minimum Gasteiger partial charge on any atom is -0.350 e. The molecule has 96 valence electrons. The van der Waals surface area contributed by atoms with Gasteiger partial charge in [0.2, 0.25) is 0 Å². The molecule has 1 amide bonds. The molecule has 0 bridgehead atoms. The van der Waals surface area contributed by atoms with Gasteiger partial charge in [-0.3, -0.25) is 9.48 Å². The summed E-state index contributed by atoms with van der Waals surface area (Å²) in [6.45, 7) is 5.33. The van der Waals surface area contributed by atoms with Crippen molar-refractivity contribution in [3.8, 4) is 0 Å². The monoisotopic (exact) mass is 238 g/mol. The Morgan fingerprint density at radius 2 is 2.35 bits per heavy atom. The van der Waals surface area contributed by atoms with E-state index in [2.05, 4.69) is 17.3 Å². The lowest BCUT2D eigenvalue weighted by Crippen LogP contribution is -2.31. The van der Waals surface area contributed by atoms with Crippen molar-refractivity contribution < 1.29 is 4.79 Å². The summed E-state index contributed by atoms with van der Waals surface area (Å²) in [4.78, 5) is 11.9. The third kappa shape index (κ3) is 3.85. The summed E-state index contributed by atoms with van der Waals surface area (Å²) in [7, 11) is 1.78. The second-order valence-corrected chi connectivity index (χ2v) is 4.36. The highest BCUT2D eigenvalue weighted by molar-refractivity contribution is 5.92. The van der Waals surface area contributed by atoms with Crippen LogP contribution in [0.5, 0.6) is 0 Å². The zero-order valence-electron chi connectivity index (χ0n) is 10.9. The van der Waals surface area contributed by atoms with E-state index in [1.807, 2.05) is 6.92 Å². The molecule has 0 fully saturated rings. The van der Waals surface area contributed by atoms with Gasteiger partial charge in [0.15, 0.2) is 0 Å². The molecule has 1 atom stereocenters. The minimum absolute atomic E-state index is 0.0661. The van der Waals surface area contributed by atoms with Crippen molar-refractivity contribution in [3.05, 3.63) is 17.5 Å². The number of aromatic nitrogens is 2. The highest BCUT2D eigenvalue weighted by Gasteiger charge is 2.13. The number of nitrogens with zero attached hydrogens (tertiary/aromatic N) is 2. The van der Waals surface area contributed by atoms with Gasteiger partial charge in [0.05, 0.1) is 5.69 Å². The lowest BCUT2D eigenvalue weighted by Gasteiger charge is -2.14. The SMILES string of the molecule is CCC(CCN)CNC(=O)c1cc(C)nn1C. The first kappa shape index (κ1) is 13.7. The molecular formula is C12H22N4O. The van der Waals surface area contributed by atoms with Crippen LogP contribution in [0, 0.1) is 12.8 Å². The average molecular weight is 238 g/mol. The normalized spacial score (nSPS) is 12.5. The van der Waals surface area contributed by atoms with Gasteiger partial charge in [0.1, 0.15) is 5.69 Å². The first-order valence-electron chi connectivity index (χ1n) is 6.07. The maximum atomic E-state index is 11.9. The largest absolute Gasteiger partial charge is 0.350 e. The van der Waals surface area contributed by atoms with Gasteiger partial charge >= 0.3 is 0 Å². The summed E-state index contributed by atoms with van der Waals surface area (Å²) in [6.07, 6.45) is 1.98. The molecule has 0 spiro atoms. The molecule has 0 radical (unpaired) electrons. The number of carbonyl (C=O) groups excluding carboxylic acids is 1.